The van der Waals surface area contributed by atoms with Gasteiger partial charge in [-0.25, -0.2) is 4.57 Å². The van der Waals surface area contributed by atoms with Crippen LogP contribution in [0.1, 0.15) is 25.7 Å². The van der Waals surface area contributed by atoms with E-state index in [4.69, 9.17) is 20.5 Å². The Labute approximate surface area is 496 Å². The molecule has 12 atom stereocenters. The molecule has 32 nitrogen and oxygen atoms in total. The molecule has 0 fully saturated rings. The van der Waals surface area contributed by atoms with Crippen molar-refractivity contribution >= 4 is 46.9 Å². The fourth-order valence-corrected chi connectivity index (χ4v) is 7.96. The summed E-state index contributed by atoms with van der Waals surface area (Å²) >= 11 is 0. The monoisotopic (exact) mass is 1150 g/mol. The number of nitrogens with two attached hydrogens (primary N) is 1. The van der Waals surface area contributed by atoms with Crippen LogP contribution in [0.5, 0.6) is 0 Å². The van der Waals surface area contributed by atoms with Gasteiger partial charge < -0.3 is 116 Å². The number of phosphoric ester groups is 6. The zero-order valence-corrected chi connectivity index (χ0v) is 52.8. The fraction of sp³-hybridized carbons (Fsp3) is 1.00. The Hall–Kier alpha value is 5.34. The van der Waals surface area contributed by atoms with Gasteiger partial charge in [-0.3, -0.25) is 31.9 Å². The zero-order valence-electron chi connectivity index (χ0n) is 37.4. The van der Waals surface area contributed by atoms with E-state index < -0.39 is 163 Å². The summed E-state index contributed by atoms with van der Waals surface area (Å²) in [5.74, 6) is 0. The topological polar surface area (TPSA) is 516 Å². The van der Waals surface area contributed by atoms with Crippen molar-refractivity contribution in [1.82, 2.24) is 0 Å². The average molecular weight is 1150 g/mol. The van der Waals surface area contributed by atoms with Crippen LogP contribution in [0.2, 0.25) is 0 Å². The van der Waals surface area contributed by atoms with Crippen molar-refractivity contribution in [3.63, 3.8) is 0 Å². The maximum atomic E-state index is 11.9. The van der Waals surface area contributed by atoms with E-state index >= 15 is 0 Å². The molecule has 0 rings (SSSR count). The van der Waals surface area contributed by atoms with Gasteiger partial charge in [-0.05, 0) is 19.4 Å². The first-order valence-corrected chi connectivity index (χ1v) is 26.3. The number of unbranched alkanes of at least 4 members (excludes halogenated alkanes) is 3. The number of aliphatic hydroxyl groups is 7. The number of hydrogen-bond acceptors (Lipinski definition) is 31. The molecule has 0 heterocycles. The van der Waals surface area contributed by atoms with Crippen molar-refractivity contribution in [2.45, 2.75) is 62.3 Å². The molecule has 0 saturated heterocycles. The largest absolute Gasteiger partial charge is 1.00 e. The second kappa shape index (κ2) is 44.2. The van der Waals surface area contributed by atoms with Gasteiger partial charge in [0.1, 0.15) is 36.6 Å². The predicted molar refractivity (Wildman–Crippen MR) is 190 cm³/mol. The third kappa shape index (κ3) is 50.6. The molecular formula is C24H52NNa5O31P6. The van der Waals surface area contributed by atoms with Gasteiger partial charge in [-0.1, -0.05) is 12.8 Å². The summed E-state index contributed by atoms with van der Waals surface area (Å²) in [6.45, 7) is -12.7. The Bertz CT molecular complexity index is 1540. The van der Waals surface area contributed by atoms with Gasteiger partial charge in [0.05, 0.1) is 85.9 Å². The van der Waals surface area contributed by atoms with Gasteiger partial charge in [0, 0.05) is 0 Å². The van der Waals surface area contributed by atoms with E-state index in [-0.39, 0.29) is 154 Å². The Morgan fingerprint density at radius 3 is 0.791 bits per heavy atom. The summed E-state index contributed by atoms with van der Waals surface area (Å²) in [6.07, 6.45) is -8.64. The van der Waals surface area contributed by atoms with Gasteiger partial charge in [-0.2, -0.15) is 0 Å². The molecule has 67 heavy (non-hydrogen) atoms. The molecule has 0 aromatic rings. The van der Waals surface area contributed by atoms with Crippen LogP contribution in [0.4, 0.5) is 0 Å². The maximum Gasteiger partial charge on any atom is 1.00 e. The fourth-order valence-electron chi connectivity index (χ4n) is 3.25. The Kier molecular flexibility index (Phi) is 55.2. The number of phosphoric acid groups is 6. The number of rotatable bonds is 41. The molecule has 6 unspecified atom stereocenters. The van der Waals surface area contributed by atoms with Crippen molar-refractivity contribution in [3.8, 4) is 0 Å². The van der Waals surface area contributed by atoms with E-state index in [0.717, 1.165) is 12.8 Å². The second-order valence-electron chi connectivity index (χ2n) is 12.1. The van der Waals surface area contributed by atoms with E-state index in [9.17, 15) is 82.3 Å². The molecule has 374 valence electrons. The van der Waals surface area contributed by atoms with Crippen LogP contribution in [-0.4, -0.2) is 170 Å². The Morgan fingerprint density at radius 2 is 0.567 bits per heavy atom. The van der Waals surface area contributed by atoms with Crippen LogP contribution < -0.4 is 178 Å². The standard InChI is InChI=1S/C24H57NO31P6.5Na/c25-5-3-1-2-4-6-45-57(33,34)47-9-20(28)10-49-59(37,38)51-13-22(30)14-53-61(41,42)55-17-24(32)18-56-62(43,44)54-16-23(31)15-52-60(39,40)50-12-21(29)11-48-58(35,36)46-8-19(27)7-26;;;;;/h19-24,26-32H,1-18,25H2,(H,33,34)(H,35,36)(H,37,38)(H,39,40)(H,41,42)(H,43,44);;;;;/q;5*+1/p-5/t19-,20+,21-,22+,23-,24+;;;;;/m1...../s1. The normalized spacial score (nSPS) is 19.6. The van der Waals surface area contributed by atoms with Gasteiger partial charge in [0.25, 0.3) is 39.1 Å². The van der Waals surface area contributed by atoms with E-state index in [1.54, 1.807) is 0 Å². The van der Waals surface area contributed by atoms with E-state index in [0.29, 0.717) is 19.4 Å². The van der Waals surface area contributed by atoms with Crippen LogP contribution in [0.15, 0.2) is 0 Å². The summed E-state index contributed by atoms with van der Waals surface area (Å²) in [6, 6.07) is 0. The van der Waals surface area contributed by atoms with Crippen LogP contribution in [0.25, 0.3) is 0 Å². The molecule has 10 N–H and O–H groups in total. The van der Waals surface area contributed by atoms with Crippen molar-refractivity contribution in [2.24, 2.45) is 5.73 Å². The summed E-state index contributed by atoms with van der Waals surface area (Å²) in [7, 11) is -31.0. The molecule has 0 amide bonds. The third-order valence-electron chi connectivity index (χ3n) is 6.24. The van der Waals surface area contributed by atoms with Gasteiger partial charge >= 0.3 is 156 Å². The first-order chi connectivity index (χ1) is 28.5. The SMILES string of the molecule is NCCCCCCOP(=O)(O)OC[C@H](O)COP(=O)([O-])OC[C@H](O)COP(=O)([O-])OC[C@H](O)COP(=O)([O-])OC[C@H](O)COP(=O)([O-])OC[C@H](O)COP(=O)([O-])OC[C@H](O)CO.[Na+].[Na+].[Na+].[Na+].[Na+]. The predicted octanol–water partition coefficient (Wildman–Crippen LogP) is -20.7. The smallest absolute Gasteiger partial charge is 0.756 e. The van der Waals surface area contributed by atoms with Crippen LogP contribution in [-0.2, 0) is 81.7 Å². The van der Waals surface area contributed by atoms with Crippen LogP contribution in [0, 0.1) is 0 Å². The third-order valence-corrected chi connectivity index (χ3v) is 11.9. The van der Waals surface area contributed by atoms with Crippen molar-refractivity contribution in [3.05, 3.63) is 0 Å². The first kappa shape index (κ1) is 83.7. The Morgan fingerprint density at radius 1 is 0.358 bits per heavy atom. The minimum atomic E-state index is -5.39. The molecule has 0 aromatic heterocycles. The second-order valence-corrected chi connectivity index (χ2v) is 20.6. The van der Waals surface area contributed by atoms with Crippen molar-refractivity contribution in [2.75, 3.05) is 92.4 Å². The quantitative estimate of drug-likeness (QED) is 0.0156. The molecule has 0 spiro atoms. The molecule has 0 bridgehead atoms. The summed E-state index contributed by atoms with van der Waals surface area (Å²) in [5, 5.41) is 66.5. The van der Waals surface area contributed by atoms with Gasteiger partial charge in [0.2, 0.25) is 0 Å². The number of hydrogen-bond donors (Lipinski definition) is 9. The van der Waals surface area contributed by atoms with E-state index in [2.05, 4.69) is 49.8 Å². The van der Waals surface area contributed by atoms with Gasteiger partial charge in [-0.15, -0.1) is 0 Å². The molecule has 0 aliphatic carbocycles. The summed E-state index contributed by atoms with van der Waals surface area (Å²) in [5.41, 5.74) is 5.35. The van der Waals surface area contributed by atoms with Crippen LogP contribution >= 0.6 is 46.9 Å². The van der Waals surface area contributed by atoms with Crippen molar-refractivity contribution in [1.29, 1.82) is 0 Å². The molecular weight excluding hydrogens is 1100 g/mol. The molecule has 0 radical (unpaired) electrons. The minimum absolute atomic E-state index is 0. The molecule has 0 saturated carbocycles. The molecule has 0 aromatic carbocycles. The average Bonchev–Trinajstić information content (AvgIpc) is 3.19. The zero-order chi connectivity index (χ0) is 47.7. The van der Waals surface area contributed by atoms with E-state index in [1.807, 2.05) is 0 Å². The van der Waals surface area contributed by atoms with Crippen LogP contribution in [0.3, 0.4) is 0 Å². The summed E-state index contributed by atoms with van der Waals surface area (Å²) < 4.78 is 123. The number of aliphatic hydroxyl groups excluding tert-OH is 7. The molecule has 0 aliphatic heterocycles. The minimum Gasteiger partial charge on any atom is -0.756 e. The molecule has 0 aliphatic rings. The summed E-state index contributed by atoms with van der Waals surface area (Å²) in [4.78, 5) is 68.6. The maximum absolute atomic E-state index is 11.9. The molecule has 43 heteroatoms. The van der Waals surface area contributed by atoms with Gasteiger partial charge in [0.15, 0.2) is 0 Å². The Balaban J connectivity index is -0.00000186. The first-order valence-electron chi connectivity index (χ1n) is 17.5. The van der Waals surface area contributed by atoms with E-state index in [1.165, 1.54) is 0 Å². The van der Waals surface area contributed by atoms with Crippen molar-refractivity contribution < 1.29 is 295 Å².